The van der Waals surface area contributed by atoms with Gasteiger partial charge in [0.2, 0.25) is 0 Å². The van der Waals surface area contributed by atoms with Gasteiger partial charge in [-0.05, 0) is 98.2 Å². The van der Waals surface area contributed by atoms with E-state index in [1.807, 2.05) is 0 Å². The second kappa shape index (κ2) is 13.9. The maximum atomic E-state index is 14.0. The molecule has 0 radical (unpaired) electrons. The number of fused-ring (bicyclic) bond motifs is 6. The lowest BCUT2D eigenvalue weighted by molar-refractivity contribution is 0.262. The molecule has 0 saturated carbocycles. The van der Waals surface area contributed by atoms with Crippen LogP contribution < -0.4 is 10.6 Å². The molecule has 6 aromatic rings. The van der Waals surface area contributed by atoms with Gasteiger partial charge in [-0.15, -0.1) is 32.9 Å². The quantitative estimate of drug-likeness (QED) is 0.118. The number of hydrogen-bond donors (Lipinski definition) is 4. The number of carbonyl (C=O) groups excluding carboxylic acids is 1. The maximum Gasteiger partial charge on any atom is 0.326 e. The van der Waals surface area contributed by atoms with E-state index in [0.717, 1.165) is 22.7 Å². The molecule has 0 aliphatic heterocycles. The number of anilines is 2. The zero-order valence-corrected chi connectivity index (χ0v) is 33.5. The summed E-state index contributed by atoms with van der Waals surface area (Å²) in [5.74, 6) is 0.348. The molecule has 2 aromatic carbocycles. The van der Waals surface area contributed by atoms with Crippen molar-refractivity contribution in [3.8, 4) is 32.5 Å². The van der Waals surface area contributed by atoms with Crippen molar-refractivity contribution >= 4 is 107 Å². The topological polar surface area (TPSA) is 186 Å². The van der Waals surface area contributed by atoms with Crippen LogP contribution in [0.1, 0.15) is 35.1 Å². The van der Waals surface area contributed by atoms with Crippen molar-refractivity contribution in [2.45, 2.75) is 46.9 Å². The van der Waals surface area contributed by atoms with Gasteiger partial charge in [-0.3, -0.25) is 19.7 Å². The molecule has 0 bridgehead atoms. The Labute approximate surface area is 335 Å². The van der Waals surface area contributed by atoms with E-state index in [0.29, 0.717) is 103 Å². The van der Waals surface area contributed by atoms with Crippen molar-refractivity contribution in [3.05, 3.63) is 90.9 Å². The standard InChI is InChI=1S/C33H24Cl4N6O7S4/c34-17-7-9-23(21(36)13-17)42-27-19(5-1-3-15-11-25(51-29(15)27)53(45,46)47)31(40-42)38-33(44)39-32-20-6-2-4-16-12-26(54(48,49)50)52-30(16)28(20)43(41-32)24-10-8-18(35)14-22(24)37/h7-14H,1-6H2,(H,45,46,47)(H,48,49,50)(H2,38,39,40,41,44). The Hall–Kier alpha value is -3.49. The van der Waals surface area contributed by atoms with E-state index in [2.05, 4.69) is 10.6 Å². The van der Waals surface area contributed by atoms with Crippen LogP contribution in [0.15, 0.2) is 56.9 Å². The van der Waals surface area contributed by atoms with E-state index < -0.39 is 26.3 Å². The van der Waals surface area contributed by atoms with Crippen molar-refractivity contribution in [1.29, 1.82) is 0 Å². The van der Waals surface area contributed by atoms with Crippen molar-refractivity contribution in [2.75, 3.05) is 10.6 Å². The molecule has 21 heteroatoms. The van der Waals surface area contributed by atoms with E-state index in [1.165, 1.54) is 33.6 Å². The van der Waals surface area contributed by atoms with Gasteiger partial charge in [0.25, 0.3) is 0 Å². The molecular formula is C33H24Cl4N6O7S4. The molecule has 13 nitrogen and oxygen atoms in total. The van der Waals surface area contributed by atoms with Crippen molar-refractivity contribution < 1.29 is 30.7 Å². The molecule has 4 heterocycles. The van der Waals surface area contributed by atoms with E-state index in [4.69, 9.17) is 56.6 Å². The Morgan fingerprint density at radius 2 is 1.06 bits per heavy atom. The maximum absolute atomic E-state index is 14.0. The van der Waals surface area contributed by atoms with Gasteiger partial charge in [0, 0.05) is 21.2 Å². The van der Waals surface area contributed by atoms with Crippen molar-refractivity contribution in [3.63, 3.8) is 0 Å². The fourth-order valence-electron chi connectivity index (χ4n) is 6.69. The number of thiophene rings is 2. The monoisotopic (exact) mass is 884 g/mol. The average molecular weight is 887 g/mol. The Balaban J connectivity index is 1.23. The number of nitrogens with one attached hydrogen (secondary N) is 2. The second-order valence-electron chi connectivity index (χ2n) is 12.4. The van der Waals surface area contributed by atoms with Gasteiger partial charge in [0.1, 0.15) is 8.42 Å². The van der Waals surface area contributed by atoms with Gasteiger partial charge in [0.05, 0.1) is 42.6 Å². The predicted octanol–water partition coefficient (Wildman–Crippen LogP) is 9.24. The summed E-state index contributed by atoms with van der Waals surface area (Å²) in [6, 6.07) is 11.8. The minimum atomic E-state index is -4.51. The zero-order valence-electron chi connectivity index (χ0n) is 27.2. The smallest absolute Gasteiger partial charge is 0.290 e. The van der Waals surface area contributed by atoms with E-state index in [1.54, 1.807) is 24.3 Å². The first-order valence-electron chi connectivity index (χ1n) is 16.0. The second-order valence-corrected chi connectivity index (χ2v) is 19.5. The number of carbonyl (C=O) groups is 1. The largest absolute Gasteiger partial charge is 0.326 e. The normalized spacial score (nSPS) is 14.0. The fraction of sp³-hybridized carbons (Fsp3) is 0.182. The van der Waals surface area contributed by atoms with Crippen LogP contribution in [-0.2, 0) is 45.9 Å². The van der Waals surface area contributed by atoms with E-state index in [9.17, 15) is 30.7 Å². The van der Waals surface area contributed by atoms with Gasteiger partial charge in [0.15, 0.2) is 11.6 Å². The third kappa shape index (κ3) is 6.84. The lowest BCUT2D eigenvalue weighted by Gasteiger charge is -2.10. The predicted molar refractivity (Wildman–Crippen MR) is 210 cm³/mol. The summed E-state index contributed by atoms with van der Waals surface area (Å²) >= 11 is 27.4. The Morgan fingerprint density at radius 1 is 0.648 bits per heavy atom. The highest BCUT2D eigenvalue weighted by Gasteiger charge is 2.32. The summed E-state index contributed by atoms with van der Waals surface area (Å²) in [5, 5.41) is 16.5. The van der Waals surface area contributed by atoms with Crippen LogP contribution in [0.4, 0.5) is 16.4 Å². The Morgan fingerprint density at radius 3 is 1.43 bits per heavy atom. The number of urea groups is 1. The molecular weight excluding hydrogens is 862 g/mol. The number of nitrogens with zero attached hydrogens (tertiary/aromatic N) is 4. The average Bonchev–Trinajstić information content (AvgIpc) is 3.81. The molecule has 4 aromatic heterocycles. The SMILES string of the molecule is O=C(Nc1nn(-c2ccc(Cl)cc2Cl)c2c1CCCc1cc(S(=O)(=O)O)sc1-2)Nc1nn(-c2ccc(Cl)cc2Cl)c2c1CCCc1cc(S(=O)(=O)O)sc1-2. The number of hydrogen-bond acceptors (Lipinski definition) is 9. The Bertz CT molecular complexity index is 2590. The van der Waals surface area contributed by atoms with Crippen LogP contribution in [0.2, 0.25) is 20.1 Å². The summed E-state index contributed by atoms with van der Waals surface area (Å²) in [6.45, 7) is 0. The molecule has 0 atom stereocenters. The number of rotatable bonds is 6. The first-order valence-corrected chi connectivity index (χ1v) is 22.0. The van der Waals surface area contributed by atoms with E-state index >= 15 is 0 Å². The molecule has 8 rings (SSSR count). The molecule has 280 valence electrons. The third-order valence-electron chi connectivity index (χ3n) is 8.96. The molecule has 2 amide bonds. The lowest BCUT2D eigenvalue weighted by atomic mass is 10.1. The van der Waals surface area contributed by atoms with Crippen LogP contribution in [0.25, 0.3) is 32.5 Å². The number of aryl methyl sites for hydroxylation is 2. The number of aromatic nitrogens is 4. The fourth-order valence-corrected chi connectivity index (χ4v) is 11.6. The van der Waals surface area contributed by atoms with Crippen molar-refractivity contribution in [1.82, 2.24) is 19.6 Å². The van der Waals surface area contributed by atoms with Gasteiger partial charge in [-0.2, -0.15) is 16.8 Å². The van der Waals surface area contributed by atoms with Crippen LogP contribution in [0.3, 0.4) is 0 Å². The highest BCUT2D eigenvalue weighted by molar-refractivity contribution is 7.88. The molecule has 0 saturated heterocycles. The Kier molecular flexibility index (Phi) is 9.64. The molecule has 0 fully saturated rings. The van der Waals surface area contributed by atoms with E-state index in [-0.39, 0.29) is 30.1 Å². The summed E-state index contributed by atoms with van der Waals surface area (Å²) in [4.78, 5) is 15.1. The summed E-state index contributed by atoms with van der Waals surface area (Å²) in [5.41, 5.74) is 4.42. The lowest BCUT2D eigenvalue weighted by Crippen LogP contribution is -2.21. The van der Waals surface area contributed by atoms with Gasteiger partial charge >= 0.3 is 26.3 Å². The van der Waals surface area contributed by atoms with Gasteiger partial charge in [-0.25, -0.2) is 14.2 Å². The highest BCUT2D eigenvalue weighted by Crippen LogP contribution is 2.46. The van der Waals surface area contributed by atoms with Gasteiger partial charge < -0.3 is 0 Å². The summed E-state index contributed by atoms with van der Waals surface area (Å²) < 4.78 is 71.0. The zero-order chi connectivity index (χ0) is 38.3. The summed E-state index contributed by atoms with van der Waals surface area (Å²) in [6.07, 6.45) is 3.05. The minimum absolute atomic E-state index is 0.174. The van der Waals surface area contributed by atoms with Crippen LogP contribution in [0, 0.1) is 0 Å². The minimum Gasteiger partial charge on any atom is -0.290 e. The number of benzene rings is 2. The molecule has 0 spiro atoms. The first-order chi connectivity index (χ1) is 25.6. The van der Waals surface area contributed by atoms with Crippen LogP contribution in [-0.4, -0.2) is 51.5 Å². The highest BCUT2D eigenvalue weighted by atomic mass is 35.5. The number of halogens is 4. The van der Waals surface area contributed by atoms with Crippen LogP contribution >= 0.6 is 69.1 Å². The molecule has 2 aliphatic carbocycles. The van der Waals surface area contributed by atoms with Crippen molar-refractivity contribution in [2.24, 2.45) is 0 Å². The number of amides is 2. The van der Waals surface area contributed by atoms with Gasteiger partial charge in [-0.1, -0.05) is 46.4 Å². The van der Waals surface area contributed by atoms with Crippen LogP contribution in [0.5, 0.6) is 0 Å². The third-order valence-corrected chi connectivity index (χ3v) is 15.0. The summed E-state index contributed by atoms with van der Waals surface area (Å²) in [7, 11) is -9.01. The molecule has 0 unspecified atom stereocenters. The molecule has 4 N–H and O–H groups in total. The first kappa shape index (κ1) is 37.4. The molecule has 54 heavy (non-hydrogen) atoms. The molecule has 2 aliphatic rings.